The Bertz CT molecular complexity index is 840. The molecule has 0 aromatic heterocycles. The molecule has 0 saturated carbocycles. The van der Waals surface area contributed by atoms with Crippen molar-refractivity contribution in [2.75, 3.05) is 6.61 Å². The molecule has 0 spiro atoms. The molecule has 2 nitrogen and oxygen atoms in total. The number of halogens is 1. The van der Waals surface area contributed by atoms with Crippen molar-refractivity contribution in [3.63, 3.8) is 0 Å². The summed E-state index contributed by atoms with van der Waals surface area (Å²) in [5.41, 5.74) is 2.46. The molecule has 0 radical (unpaired) electrons. The number of rotatable bonds is 3. The van der Waals surface area contributed by atoms with Crippen molar-refractivity contribution in [2.24, 2.45) is 0 Å². The molecule has 0 unspecified atom stereocenters. The zero-order chi connectivity index (χ0) is 15.5. The van der Waals surface area contributed by atoms with Crippen LogP contribution in [0.2, 0.25) is 0 Å². The quantitative estimate of drug-likeness (QED) is 0.585. The summed E-state index contributed by atoms with van der Waals surface area (Å²) < 4.78 is 6.10. The number of ether oxygens (including phenoxy) is 1. The lowest BCUT2D eigenvalue weighted by Crippen LogP contribution is -2.06. The minimum atomic E-state index is -0.293. The Morgan fingerprint density at radius 2 is 1.77 bits per heavy atom. The maximum Gasteiger partial charge on any atom is 0.338 e. The van der Waals surface area contributed by atoms with Crippen molar-refractivity contribution < 1.29 is 9.53 Å². The van der Waals surface area contributed by atoms with E-state index in [1.54, 1.807) is 6.07 Å². The fourth-order valence-corrected chi connectivity index (χ4v) is 2.86. The van der Waals surface area contributed by atoms with Gasteiger partial charge in [-0.1, -0.05) is 52.3 Å². The second kappa shape index (κ2) is 6.32. The first-order valence-corrected chi connectivity index (χ1v) is 7.94. The van der Waals surface area contributed by atoms with Crippen LogP contribution < -0.4 is 0 Å². The summed E-state index contributed by atoms with van der Waals surface area (Å²) in [5, 5.41) is 2.33. The van der Waals surface area contributed by atoms with Crippen LogP contribution in [0.15, 0.2) is 65.1 Å². The highest BCUT2D eigenvalue weighted by atomic mass is 79.9. The fourth-order valence-electron chi connectivity index (χ4n) is 2.50. The molecule has 3 aromatic carbocycles. The first-order chi connectivity index (χ1) is 10.7. The lowest BCUT2D eigenvalue weighted by atomic mass is 9.97. The van der Waals surface area contributed by atoms with Crippen molar-refractivity contribution in [3.05, 3.63) is 70.7 Å². The third-order valence-electron chi connectivity index (χ3n) is 3.54. The van der Waals surface area contributed by atoms with Gasteiger partial charge in [-0.25, -0.2) is 4.79 Å². The van der Waals surface area contributed by atoms with Crippen LogP contribution in [0.3, 0.4) is 0 Å². The highest BCUT2D eigenvalue weighted by Crippen LogP contribution is 2.30. The van der Waals surface area contributed by atoms with Crippen molar-refractivity contribution >= 4 is 32.7 Å². The topological polar surface area (TPSA) is 26.3 Å². The summed E-state index contributed by atoms with van der Waals surface area (Å²) in [7, 11) is 0. The van der Waals surface area contributed by atoms with Gasteiger partial charge >= 0.3 is 5.97 Å². The van der Waals surface area contributed by atoms with Crippen molar-refractivity contribution in [3.8, 4) is 11.1 Å². The second-order valence-electron chi connectivity index (χ2n) is 4.97. The van der Waals surface area contributed by atoms with Crippen LogP contribution in [0.1, 0.15) is 17.3 Å². The number of benzene rings is 3. The third kappa shape index (κ3) is 2.90. The molecule has 3 heteroatoms. The highest BCUT2D eigenvalue weighted by Gasteiger charge is 2.14. The SMILES string of the molecule is CCOC(=O)c1ccc(Br)cc1-c1ccc2ccccc2c1. The van der Waals surface area contributed by atoms with Crippen molar-refractivity contribution in [1.29, 1.82) is 0 Å². The van der Waals surface area contributed by atoms with Gasteiger partial charge in [0.1, 0.15) is 0 Å². The van der Waals surface area contributed by atoms with E-state index in [0.717, 1.165) is 21.0 Å². The van der Waals surface area contributed by atoms with E-state index in [0.29, 0.717) is 12.2 Å². The fraction of sp³-hybridized carbons (Fsp3) is 0.105. The molecule has 0 aliphatic rings. The number of carbonyl (C=O) groups excluding carboxylic acids is 1. The van der Waals surface area contributed by atoms with Gasteiger partial charge in [-0.15, -0.1) is 0 Å². The monoisotopic (exact) mass is 354 g/mol. The van der Waals surface area contributed by atoms with Gasteiger partial charge in [0.15, 0.2) is 0 Å². The van der Waals surface area contributed by atoms with Crippen molar-refractivity contribution in [1.82, 2.24) is 0 Å². The van der Waals surface area contributed by atoms with E-state index < -0.39 is 0 Å². The molecular formula is C19H15BrO2. The lowest BCUT2D eigenvalue weighted by Gasteiger charge is -2.11. The molecule has 0 aliphatic heterocycles. The highest BCUT2D eigenvalue weighted by molar-refractivity contribution is 9.10. The maximum absolute atomic E-state index is 12.2. The molecule has 3 rings (SSSR count). The van der Waals surface area contributed by atoms with E-state index in [1.807, 2.05) is 37.3 Å². The molecule has 110 valence electrons. The summed E-state index contributed by atoms with van der Waals surface area (Å²) in [6.45, 7) is 2.18. The Morgan fingerprint density at radius 3 is 2.55 bits per heavy atom. The molecule has 0 amide bonds. The summed E-state index contributed by atoms with van der Waals surface area (Å²) >= 11 is 3.48. The van der Waals surface area contributed by atoms with E-state index >= 15 is 0 Å². The summed E-state index contributed by atoms with van der Waals surface area (Å²) in [6, 6.07) is 20.0. The third-order valence-corrected chi connectivity index (χ3v) is 4.03. The average Bonchev–Trinajstić information content (AvgIpc) is 2.54. The summed E-state index contributed by atoms with van der Waals surface area (Å²) in [6.07, 6.45) is 0. The van der Waals surface area contributed by atoms with Gasteiger partial charge in [-0.2, -0.15) is 0 Å². The van der Waals surface area contributed by atoms with Crippen LogP contribution in [-0.2, 0) is 4.74 Å². The number of carbonyl (C=O) groups is 1. The minimum Gasteiger partial charge on any atom is -0.462 e. The molecule has 0 bridgehead atoms. The van der Waals surface area contributed by atoms with Crippen LogP contribution in [0.5, 0.6) is 0 Å². The zero-order valence-electron chi connectivity index (χ0n) is 12.2. The standard InChI is InChI=1S/C19H15BrO2/c1-2-22-19(21)17-10-9-16(20)12-18(17)15-8-7-13-5-3-4-6-14(13)11-15/h3-12H,2H2,1H3. The van der Waals surface area contributed by atoms with Gasteiger partial charge < -0.3 is 4.74 Å². The minimum absolute atomic E-state index is 0.293. The van der Waals surface area contributed by atoms with Crippen LogP contribution in [0, 0.1) is 0 Å². The van der Waals surface area contributed by atoms with Crippen LogP contribution in [0.25, 0.3) is 21.9 Å². The molecule has 0 aliphatic carbocycles. The zero-order valence-corrected chi connectivity index (χ0v) is 13.8. The van der Waals surface area contributed by atoms with Gasteiger partial charge in [0.2, 0.25) is 0 Å². The number of hydrogen-bond donors (Lipinski definition) is 0. The smallest absolute Gasteiger partial charge is 0.338 e. The Morgan fingerprint density at radius 1 is 1.00 bits per heavy atom. The van der Waals surface area contributed by atoms with Gasteiger partial charge in [-0.05, 0) is 53.1 Å². The van der Waals surface area contributed by atoms with E-state index in [9.17, 15) is 4.79 Å². The van der Waals surface area contributed by atoms with E-state index in [1.165, 1.54) is 5.39 Å². The van der Waals surface area contributed by atoms with Crippen LogP contribution in [-0.4, -0.2) is 12.6 Å². The van der Waals surface area contributed by atoms with Gasteiger partial charge in [-0.3, -0.25) is 0 Å². The Balaban J connectivity index is 2.16. The molecule has 22 heavy (non-hydrogen) atoms. The number of hydrogen-bond acceptors (Lipinski definition) is 2. The molecule has 0 heterocycles. The first kappa shape index (κ1) is 14.8. The first-order valence-electron chi connectivity index (χ1n) is 7.15. The normalized spacial score (nSPS) is 10.6. The Hall–Kier alpha value is -2.13. The number of esters is 1. The van der Waals surface area contributed by atoms with Gasteiger partial charge in [0.05, 0.1) is 12.2 Å². The second-order valence-corrected chi connectivity index (χ2v) is 5.89. The maximum atomic E-state index is 12.2. The number of fused-ring (bicyclic) bond motifs is 1. The molecule has 0 N–H and O–H groups in total. The predicted molar refractivity (Wildman–Crippen MR) is 93.0 cm³/mol. The largest absolute Gasteiger partial charge is 0.462 e. The van der Waals surface area contributed by atoms with Crippen molar-refractivity contribution in [2.45, 2.75) is 6.92 Å². The van der Waals surface area contributed by atoms with E-state index in [-0.39, 0.29) is 5.97 Å². The van der Waals surface area contributed by atoms with E-state index in [2.05, 4.69) is 40.2 Å². The Kier molecular flexibility index (Phi) is 4.25. The van der Waals surface area contributed by atoms with Crippen LogP contribution >= 0.6 is 15.9 Å². The summed E-state index contributed by atoms with van der Waals surface area (Å²) in [5.74, 6) is -0.293. The molecular weight excluding hydrogens is 340 g/mol. The van der Waals surface area contributed by atoms with Gasteiger partial charge in [0, 0.05) is 4.47 Å². The Labute approximate surface area is 137 Å². The summed E-state index contributed by atoms with van der Waals surface area (Å²) in [4.78, 5) is 12.2. The van der Waals surface area contributed by atoms with Crippen LogP contribution in [0.4, 0.5) is 0 Å². The lowest BCUT2D eigenvalue weighted by molar-refractivity contribution is 0.0527. The molecule has 3 aromatic rings. The molecule has 0 fully saturated rings. The predicted octanol–water partition coefficient (Wildman–Crippen LogP) is 5.45. The van der Waals surface area contributed by atoms with E-state index in [4.69, 9.17) is 4.74 Å². The molecule has 0 saturated heterocycles. The molecule has 0 atom stereocenters. The average molecular weight is 355 g/mol. The van der Waals surface area contributed by atoms with Gasteiger partial charge in [0.25, 0.3) is 0 Å².